The van der Waals surface area contributed by atoms with Crippen LogP contribution in [-0.4, -0.2) is 72.9 Å². The molecule has 1 aromatic carbocycles. The summed E-state index contributed by atoms with van der Waals surface area (Å²) >= 11 is 0. The van der Waals surface area contributed by atoms with E-state index in [1.54, 1.807) is 0 Å². The summed E-state index contributed by atoms with van der Waals surface area (Å²) in [6, 6.07) is 3.61. The Morgan fingerprint density at radius 2 is 2.00 bits per heavy atom. The Morgan fingerprint density at radius 1 is 1.30 bits per heavy atom. The molecule has 0 radical (unpaired) electrons. The zero-order valence-corrected chi connectivity index (χ0v) is 13.2. The van der Waals surface area contributed by atoms with Crippen LogP contribution in [-0.2, 0) is 4.74 Å². The summed E-state index contributed by atoms with van der Waals surface area (Å²) in [5.41, 5.74) is -0.241. The largest absolute Gasteiger partial charge is 0.389 e. The number of nitrogens with zero attached hydrogens (tertiary/aromatic N) is 2. The van der Waals surface area contributed by atoms with Gasteiger partial charge < -0.3 is 14.7 Å². The van der Waals surface area contributed by atoms with Crippen molar-refractivity contribution in [1.82, 2.24) is 9.80 Å². The first-order chi connectivity index (χ1) is 11.0. The molecular weight excluding hydrogens is 306 g/mol. The molecule has 1 heterocycles. The van der Waals surface area contributed by atoms with E-state index in [4.69, 9.17) is 4.74 Å². The Hall–Kier alpha value is -1.57. The van der Waals surface area contributed by atoms with E-state index in [1.165, 1.54) is 17.0 Å². The standard InChI is InChI=1S/C16H22F2N2O3/c1-2-23-11-12(21)10-19-6-8-20(9-7-19)16(22)13-4-3-5-14(17)15(13)18/h3-5,12,21H,2,6-11H2,1H3. The van der Waals surface area contributed by atoms with E-state index in [0.717, 1.165) is 6.07 Å². The van der Waals surface area contributed by atoms with Crippen LogP contribution >= 0.6 is 0 Å². The van der Waals surface area contributed by atoms with Gasteiger partial charge in [0.1, 0.15) is 0 Å². The van der Waals surface area contributed by atoms with Crippen molar-refractivity contribution in [3.05, 3.63) is 35.4 Å². The monoisotopic (exact) mass is 328 g/mol. The summed E-state index contributed by atoms with van der Waals surface area (Å²) in [4.78, 5) is 15.8. The zero-order chi connectivity index (χ0) is 16.8. The van der Waals surface area contributed by atoms with Gasteiger partial charge in [-0.15, -0.1) is 0 Å². The molecule has 0 bridgehead atoms. The lowest BCUT2D eigenvalue weighted by atomic mass is 10.1. The predicted octanol–water partition coefficient (Wildman–Crippen LogP) is 1.12. The van der Waals surface area contributed by atoms with Crippen LogP contribution in [0.25, 0.3) is 0 Å². The molecule has 0 spiro atoms. The van der Waals surface area contributed by atoms with Crippen molar-refractivity contribution in [2.75, 3.05) is 45.9 Å². The van der Waals surface area contributed by atoms with E-state index in [9.17, 15) is 18.7 Å². The minimum absolute atomic E-state index is 0.241. The second-order valence-corrected chi connectivity index (χ2v) is 5.51. The van der Waals surface area contributed by atoms with E-state index in [-0.39, 0.29) is 12.2 Å². The topological polar surface area (TPSA) is 53.0 Å². The zero-order valence-electron chi connectivity index (χ0n) is 13.2. The molecule has 1 fully saturated rings. The Morgan fingerprint density at radius 3 is 2.65 bits per heavy atom. The third kappa shape index (κ3) is 4.70. The number of hydrogen-bond donors (Lipinski definition) is 1. The van der Waals surface area contributed by atoms with Gasteiger partial charge in [-0.3, -0.25) is 9.69 Å². The van der Waals surface area contributed by atoms with Gasteiger partial charge in [-0.2, -0.15) is 0 Å². The lowest BCUT2D eigenvalue weighted by Crippen LogP contribution is -2.51. The van der Waals surface area contributed by atoms with Crippen molar-refractivity contribution < 1.29 is 23.4 Å². The first kappa shape index (κ1) is 17.8. The van der Waals surface area contributed by atoms with Gasteiger partial charge >= 0.3 is 0 Å². The third-order valence-corrected chi connectivity index (χ3v) is 3.82. The maximum Gasteiger partial charge on any atom is 0.257 e. The number of β-amino-alcohol motifs (C(OH)–C–C–N with tert-alkyl or cyclic N) is 1. The molecule has 23 heavy (non-hydrogen) atoms. The highest BCUT2D eigenvalue weighted by atomic mass is 19.2. The van der Waals surface area contributed by atoms with Crippen LogP contribution in [0.2, 0.25) is 0 Å². The number of carbonyl (C=O) groups excluding carboxylic acids is 1. The van der Waals surface area contributed by atoms with Gasteiger partial charge in [0.05, 0.1) is 18.3 Å². The fraction of sp³-hybridized carbons (Fsp3) is 0.562. The fourth-order valence-electron chi connectivity index (χ4n) is 2.58. The normalized spacial score (nSPS) is 17.3. The van der Waals surface area contributed by atoms with E-state index in [0.29, 0.717) is 39.3 Å². The quantitative estimate of drug-likeness (QED) is 0.850. The van der Waals surface area contributed by atoms with Crippen LogP contribution in [0.15, 0.2) is 18.2 Å². The number of hydrogen-bond acceptors (Lipinski definition) is 4. The van der Waals surface area contributed by atoms with Crippen LogP contribution in [0.5, 0.6) is 0 Å². The number of halogens is 2. The number of benzene rings is 1. The van der Waals surface area contributed by atoms with Gasteiger partial charge in [-0.05, 0) is 19.1 Å². The van der Waals surface area contributed by atoms with E-state index < -0.39 is 23.6 Å². The summed E-state index contributed by atoms with van der Waals surface area (Å²) in [5, 5.41) is 9.81. The lowest BCUT2D eigenvalue weighted by Gasteiger charge is -2.35. The lowest BCUT2D eigenvalue weighted by molar-refractivity contribution is 0.0110. The minimum atomic E-state index is -1.10. The average Bonchev–Trinajstić information content (AvgIpc) is 2.55. The molecule has 7 heteroatoms. The van der Waals surface area contributed by atoms with Crippen LogP contribution in [0.1, 0.15) is 17.3 Å². The van der Waals surface area contributed by atoms with Crippen molar-refractivity contribution >= 4 is 5.91 Å². The Balaban J connectivity index is 1.86. The Kier molecular flexibility index (Phi) is 6.44. The maximum absolute atomic E-state index is 13.7. The molecule has 0 saturated carbocycles. The maximum atomic E-state index is 13.7. The minimum Gasteiger partial charge on any atom is -0.389 e. The van der Waals surface area contributed by atoms with Gasteiger partial charge in [0.25, 0.3) is 5.91 Å². The third-order valence-electron chi connectivity index (χ3n) is 3.82. The number of aliphatic hydroxyl groups excluding tert-OH is 1. The van der Waals surface area contributed by atoms with Gasteiger partial charge in [0.15, 0.2) is 11.6 Å². The summed E-state index contributed by atoms with van der Waals surface area (Å²) in [5.74, 6) is -2.63. The smallest absolute Gasteiger partial charge is 0.257 e. The van der Waals surface area contributed by atoms with Crippen LogP contribution < -0.4 is 0 Å². The van der Waals surface area contributed by atoms with Crippen molar-refractivity contribution in [1.29, 1.82) is 0 Å². The molecule has 1 aromatic rings. The highest BCUT2D eigenvalue weighted by Crippen LogP contribution is 2.15. The van der Waals surface area contributed by atoms with Gasteiger partial charge in [-0.25, -0.2) is 8.78 Å². The van der Waals surface area contributed by atoms with Crippen molar-refractivity contribution in [2.24, 2.45) is 0 Å². The number of amides is 1. The number of carbonyl (C=O) groups is 1. The number of rotatable bonds is 6. The van der Waals surface area contributed by atoms with Crippen molar-refractivity contribution in [2.45, 2.75) is 13.0 Å². The number of piperazine rings is 1. The number of ether oxygens (including phenoxy) is 1. The predicted molar refractivity (Wildman–Crippen MR) is 81.2 cm³/mol. The molecule has 1 atom stereocenters. The van der Waals surface area contributed by atoms with Crippen molar-refractivity contribution in [3.63, 3.8) is 0 Å². The Labute approximate surface area is 134 Å². The van der Waals surface area contributed by atoms with E-state index in [2.05, 4.69) is 0 Å². The Bertz CT molecular complexity index is 534. The molecule has 1 unspecified atom stereocenters. The molecule has 5 nitrogen and oxygen atoms in total. The molecule has 2 rings (SSSR count). The molecule has 0 aliphatic carbocycles. The summed E-state index contributed by atoms with van der Waals surface area (Å²) in [6.07, 6.45) is -0.571. The second kappa shape index (κ2) is 8.33. The first-order valence-corrected chi connectivity index (χ1v) is 7.74. The average molecular weight is 328 g/mol. The molecule has 1 aliphatic heterocycles. The van der Waals surface area contributed by atoms with Crippen LogP contribution in [0.3, 0.4) is 0 Å². The van der Waals surface area contributed by atoms with Crippen molar-refractivity contribution in [3.8, 4) is 0 Å². The van der Waals surface area contributed by atoms with Crippen LogP contribution in [0.4, 0.5) is 8.78 Å². The first-order valence-electron chi connectivity index (χ1n) is 7.74. The molecular formula is C16H22F2N2O3. The number of aliphatic hydroxyl groups is 1. The second-order valence-electron chi connectivity index (χ2n) is 5.51. The molecule has 0 aromatic heterocycles. The van der Waals surface area contributed by atoms with Crippen LogP contribution in [0, 0.1) is 11.6 Å². The molecule has 128 valence electrons. The molecule has 1 amide bonds. The highest BCUT2D eigenvalue weighted by Gasteiger charge is 2.25. The van der Waals surface area contributed by atoms with E-state index >= 15 is 0 Å². The SMILES string of the molecule is CCOCC(O)CN1CCN(C(=O)c2cccc(F)c2F)CC1. The van der Waals surface area contributed by atoms with Gasteiger partial charge in [0.2, 0.25) is 0 Å². The summed E-state index contributed by atoms with van der Waals surface area (Å²) in [6.45, 7) is 5.14. The molecule has 1 saturated heterocycles. The fourth-order valence-corrected chi connectivity index (χ4v) is 2.58. The van der Waals surface area contributed by atoms with Gasteiger partial charge in [-0.1, -0.05) is 6.07 Å². The summed E-state index contributed by atoms with van der Waals surface area (Å²) < 4.78 is 32.1. The summed E-state index contributed by atoms with van der Waals surface area (Å²) in [7, 11) is 0. The van der Waals surface area contributed by atoms with E-state index in [1.807, 2.05) is 11.8 Å². The van der Waals surface area contributed by atoms with Gasteiger partial charge in [0, 0.05) is 39.3 Å². The molecule has 1 aliphatic rings. The highest BCUT2D eigenvalue weighted by molar-refractivity contribution is 5.94. The molecule has 1 N–H and O–H groups in total.